The number of hydrogen-bond donors (Lipinski definition) is 1. The van der Waals surface area contributed by atoms with Gasteiger partial charge in [-0.15, -0.1) is 0 Å². The summed E-state index contributed by atoms with van der Waals surface area (Å²) >= 11 is 0. The molecule has 0 atom stereocenters. The van der Waals surface area contributed by atoms with Gasteiger partial charge in [-0.1, -0.05) is 18.2 Å². The highest BCUT2D eigenvalue weighted by atomic mass is 19.4. The lowest BCUT2D eigenvalue weighted by atomic mass is 10.1. The fourth-order valence-corrected chi connectivity index (χ4v) is 3.94. The monoisotopic (exact) mass is 486 g/mol. The second kappa shape index (κ2) is 10.7. The first-order chi connectivity index (χ1) is 16.9. The SMILES string of the molecule is CCN(CC)c1nc(NCc2cccc(C(F)(F)F)c2)nc(N2CCN(c3ccccn3)CC2)n1. The van der Waals surface area contributed by atoms with Crippen molar-refractivity contribution in [2.45, 2.75) is 26.6 Å². The van der Waals surface area contributed by atoms with Crippen molar-refractivity contribution in [2.75, 3.05) is 59.3 Å². The largest absolute Gasteiger partial charge is 0.416 e. The number of nitrogens with zero attached hydrogens (tertiary/aromatic N) is 7. The van der Waals surface area contributed by atoms with E-state index < -0.39 is 11.7 Å². The lowest BCUT2D eigenvalue weighted by molar-refractivity contribution is -0.137. The number of anilines is 4. The summed E-state index contributed by atoms with van der Waals surface area (Å²) in [6.07, 6.45) is -2.60. The first kappa shape index (κ1) is 24.5. The van der Waals surface area contributed by atoms with Crippen LogP contribution in [0.4, 0.5) is 36.8 Å². The van der Waals surface area contributed by atoms with Crippen molar-refractivity contribution >= 4 is 23.7 Å². The lowest BCUT2D eigenvalue weighted by Gasteiger charge is -2.35. The Morgan fingerprint density at radius 3 is 2.31 bits per heavy atom. The molecule has 0 spiro atoms. The normalized spacial score (nSPS) is 14.2. The van der Waals surface area contributed by atoms with Crippen molar-refractivity contribution in [1.82, 2.24) is 19.9 Å². The summed E-state index contributed by atoms with van der Waals surface area (Å²) in [6, 6.07) is 11.1. The van der Waals surface area contributed by atoms with Crippen LogP contribution < -0.4 is 20.0 Å². The van der Waals surface area contributed by atoms with Gasteiger partial charge in [0.2, 0.25) is 17.8 Å². The molecule has 1 saturated heterocycles. The fourth-order valence-electron chi connectivity index (χ4n) is 3.94. The zero-order chi connectivity index (χ0) is 24.8. The Morgan fingerprint density at radius 2 is 1.66 bits per heavy atom. The maximum Gasteiger partial charge on any atom is 0.416 e. The molecular formula is C24H29F3N8. The molecule has 186 valence electrons. The Labute approximate surface area is 202 Å². The molecule has 3 aromatic rings. The molecule has 0 saturated carbocycles. The van der Waals surface area contributed by atoms with Crippen LogP contribution in [0.5, 0.6) is 0 Å². The summed E-state index contributed by atoms with van der Waals surface area (Å²) in [4.78, 5) is 24.6. The third kappa shape index (κ3) is 6.09. The molecule has 11 heteroatoms. The van der Waals surface area contributed by atoms with E-state index in [1.54, 1.807) is 12.3 Å². The second-order valence-electron chi connectivity index (χ2n) is 8.15. The average molecular weight is 487 g/mol. The molecule has 3 heterocycles. The lowest BCUT2D eigenvalue weighted by Crippen LogP contribution is -2.47. The number of rotatable bonds is 8. The summed E-state index contributed by atoms with van der Waals surface area (Å²) in [7, 11) is 0. The molecular weight excluding hydrogens is 457 g/mol. The molecule has 1 aliphatic rings. The highest BCUT2D eigenvalue weighted by Gasteiger charge is 2.30. The molecule has 35 heavy (non-hydrogen) atoms. The first-order valence-corrected chi connectivity index (χ1v) is 11.7. The van der Waals surface area contributed by atoms with Crippen molar-refractivity contribution in [3.8, 4) is 0 Å². The van der Waals surface area contributed by atoms with Gasteiger partial charge in [0.05, 0.1) is 5.56 Å². The van der Waals surface area contributed by atoms with Crippen LogP contribution >= 0.6 is 0 Å². The Kier molecular flexibility index (Phi) is 7.52. The number of nitrogens with one attached hydrogen (secondary N) is 1. The third-order valence-corrected chi connectivity index (χ3v) is 5.90. The summed E-state index contributed by atoms with van der Waals surface area (Å²) in [5.74, 6) is 2.37. The summed E-state index contributed by atoms with van der Waals surface area (Å²) in [5.41, 5.74) is -0.183. The van der Waals surface area contributed by atoms with E-state index in [-0.39, 0.29) is 6.54 Å². The van der Waals surface area contributed by atoms with Crippen molar-refractivity contribution in [3.63, 3.8) is 0 Å². The Balaban J connectivity index is 1.52. The molecule has 0 bridgehead atoms. The highest BCUT2D eigenvalue weighted by Crippen LogP contribution is 2.29. The van der Waals surface area contributed by atoms with Crippen LogP contribution in [0.3, 0.4) is 0 Å². The van der Waals surface area contributed by atoms with Crippen LogP contribution in [-0.4, -0.2) is 59.2 Å². The number of piperazine rings is 1. The minimum Gasteiger partial charge on any atom is -0.353 e. The van der Waals surface area contributed by atoms with Gasteiger partial charge in [0.1, 0.15) is 5.82 Å². The Hall–Kier alpha value is -3.63. The summed E-state index contributed by atoms with van der Waals surface area (Å²) in [6.45, 7) is 8.63. The quantitative estimate of drug-likeness (QED) is 0.511. The minimum atomic E-state index is -4.39. The molecule has 1 N–H and O–H groups in total. The van der Waals surface area contributed by atoms with Gasteiger partial charge in [0, 0.05) is 52.0 Å². The van der Waals surface area contributed by atoms with Gasteiger partial charge in [-0.3, -0.25) is 0 Å². The number of halogens is 3. The number of benzene rings is 1. The van der Waals surface area contributed by atoms with Gasteiger partial charge in [-0.2, -0.15) is 28.1 Å². The van der Waals surface area contributed by atoms with Crippen LogP contribution in [0.1, 0.15) is 25.0 Å². The van der Waals surface area contributed by atoms with Crippen LogP contribution in [0, 0.1) is 0 Å². The van der Waals surface area contributed by atoms with E-state index in [0.717, 1.165) is 44.1 Å². The van der Waals surface area contributed by atoms with E-state index >= 15 is 0 Å². The average Bonchev–Trinajstić information content (AvgIpc) is 2.88. The smallest absolute Gasteiger partial charge is 0.353 e. The van der Waals surface area contributed by atoms with Gasteiger partial charge in [-0.05, 0) is 43.7 Å². The van der Waals surface area contributed by atoms with Crippen LogP contribution in [0.2, 0.25) is 0 Å². The molecule has 0 amide bonds. The van der Waals surface area contributed by atoms with Crippen LogP contribution in [-0.2, 0) is 12.7 Å². The maximum absolute atomic E-state index is 13.1. The molecule has 1 aromatic carbocycles. The summed E-state index contributed by atoms with van der Waals surface area (Å²) in [5, 5.41) is 3.09. The highest BCUT2D eigenvalue weighted by molar-refractivity contribution is 5.48. The number of pyridine rings is 1. The third-order valence-electron chi connectivity index (χ3n) is 5.90. The van der Waals surface area contributed by atoms with Gasteiger partial charge < -0.3 is 20.0 Å². The van der Waals surface area contributed by atoms with Gasteiger partial charge >= 0.3 is 6.18 Å². The first-order valence-electron chi connectivity index (χ1n) is 11.7. The minimum absolute atomic E-state index is 0.165. The zero-order valence-corrected chi connectivity index (χ0v) is 19.8. The topological polar surface area (TPSA) is 73.3 Å². The van der Waals surface area contributed by atoms with Crippen molar-refractivity contribution in [3.05, 3.63) is 59.8 Å². The van der Waals surface area contributed by atoms with E-state index in [1.165, 1.54) is 6.07 Å². The molecule has 0 radical (unpaired) electrons. The van der Waals surface area contributed by atoms with Crippen molar-refractivity contribution in [2.24, 2.45) is 0 Å². The molecule has 1 aliphatic heterocycles. The Morgan fingerprint density at radius 1 is 0.914 bits per heavy atom. The van der Waals surface area contributed by atoms with E-state index in [2.05, 4.69) is 30.1 Å². The van der Waals surface area contributed by atoms with E-state index in [1.807, 2.05) is 36.9 Å². The van der Waals surface area contributed by atoms with Crippen molar-refractivity contribution in [1.29, 1.82) is 0 Å². The molecule has 0 aliphatic carbocycles. The number of alkyl halides is 3. The van der Waals surface area contributed by atoms with E-state index in [0.29, 0.717) is 36.5 Å². The predicted molar refractivity (Wildman–Crippen MR) is 131 cm³/mol. The number of hydrogen-bond acceptors (Lipinski definition) is 8. The van der Waals surface area contributed by atoms with Gasteiger partial charge in [0.15, 0.2) is 0 Å². The second-order valence-corrected chi connectivity index (χ2v) is 8.15. The molecule has 4 rings (SSSR count). The van der Waals surface area contributed by atoms with E-state index in [4.69, 9.17) is 4.98 Å². The maximum atomic E-state index is 13.1. The van der Waals surface area contributed by atoms with Crippen LogP contribution in [0.15, 0.2) is 48.7 Å². The van der Waals surface area contributed by atoms with Crippen molar-refractivity contribution < 1.29 is 13.2 Å². The molecule has 8 nitrogen and oxygen atoms in total. The fraction of sp³-hybridized carbons (Fsp3) is 0.417. The predicted octanol–water partition coefficient (Wildman–Crippen LogP) is 4.07. The molecule has 1 fully saturated rings. The number of aromatic nitrogens is 4. The molecule has 2 aromatic heterocycles. The zero-order valence-electron chi connectivity index (χ0n) is 19.8. The summed E-state index contributed by atoms with van der Waals surface area (Å²) < 4.78 is 39.2. The standard InChI is InChI=1S/C24H29F3N8/c1-3-33(4-2)22-30-21(29-17-18-8-7-9-19(16-18)24(25,26)27)31-23(32-22)35-14-12-34(13-15-35)20-10-5-6-11-28-20/h5-11,16H,3-4,12-15,17H2,1-2H3,(H,29,30,31,32). The van der Waals surface area contributed by atoms with Crippen LogP contribution in [0.25, 0.3) is 0 Å². The van der Waals surface area contributed by atoms with Gasteiger partial charge in [-0.25, -0.2) is 4.98 Å². The molecule has 0 unspecified atom stereocenters. The Bertz CT molecular complexity index is 1100. The van der Waals surface area contributed by atoms with Gasteiger partial charge in [0.25, 0.3) is 0 Å². The van der Waals surface area contributed by atoms with E-state index in [9.17, 15) is 13.2 Å².